The zero-order valence-corrected chi connectivity index (χ0v) is 12.3. The summed E-state index contributed by atoms with van der Waals surface area (Å²) in [5.74, 6) is 0. The summed E-state index contributed by atoms with van der Waals surface area (Å²) in [6.45, 7) is 4.82. The molecule has 4 heteroatoms. The summed E-state index contributed by atoms with van der Waals surface area (Å²) in [4.78, 5) is 2.39. The predicted molar refractivity (Wildman–Crippen MR) is 58.5 cm³/mol. The van der Waals surface area contributed by atoms with E-state index in [1.807, 2.05) is 12.1 Å². The normalized spacial score (nSPS) is 16.8. The molecule has 0 unspecified atom stereocenters. The average Bonchev–Trinajstić information content (AvgIpc) is 2.31. The molecule has 0 atom stereocenters. The third kappa shape index (κ3) is 4.23. The van der Waals surface area contributed by atoms with Crippen LogP contribution in [0.3, 0.4) is 0 Å². The summed E-state index contributed by atoms with van der Waals surface area (Å²) in [5, 5.41) is 8.92. The molecule has 1 saturated heterocycles. The van der Waals surface area contributed by atoms with Crippen LogP contribution in [0.2, 0.25) is 0 Å². The maximum Gasteiger partial charge on any atom is 0.0681 e. The predicted octanol–water partition coefficient (Wildman–Crippen LogP) is 1.01. The summed E-state index contributed by atoms with van der Waals surface area (Å²) in [6.07, 6.45) is 0. The fourth-order valence-corrected chi connectivity index (χ4v) is 1.77. The van der Waals surface area contributed by atoms with Gasteiger partial charge >= 0.3 is 0 Å². The summed E-state index contributed by atoms with van der Waals surface area (Å²) < 4.78 is 5.30. The molecule has 0 spiro atoms. The van der Waals surface area contributed by atoms with E-state index in [1.54, 1.807) is 0 Å². The molecule has 1 aromatic carbocycles. The van der Waals surface area contributed by atoms with Crippen molar-refractivity contribution in [3.63, 3.8) is 0 Å². The number of hydrogen-bond acceptors (Lipinski definition) is 3. The fraction of sp³-hybridized carbons (Fsp3) is 0.500. The number of benzene rings is 1. The largest absolute Gasteiger partial charge is 0.392 e. The van der Waals surface area contributed by atoms with E-state index >= 15 is 0 Å². The molecule has 1 aliphatic heterocycles. The molecular weight excluding hydrogens is 279 g/mol. The second-order valence-corrected chi connectivity index (χ2v) is 3.86. The molecule has 16 heavy (non-hydrogen) atoms. The first kappa shape index (κ1) is 14.3. The maximum absolute atomic E-state index is 8.92. The van der Waals surface area contributed by atoms with Crippen LogP contribution >= 0.6 is 0 Å². The first-order valence-corrected chi connectivity index (χ1v) is 5.37. The third-order valence-electron chi connectivity index (χ3n) is 2.72. The monoisotopic (exact) mass is 296 g/mol. The second-order valence-electron chi connectivity index (χ2n) is 3.86. The van der Waals surface area contributed by atoms with E-state index < -0.39 is 0 Å². The SMILES string of the molecule is OCc1ccc(CN2CCOCC2)cc1.[Y]. The van der Waals surface area contributed by atoms with Crippen molar-refractivity contribution < 1.29 is 42.6 Å². The van der Waals surface area contributed by atoms with E-state index in [1.165, 1.54) is 5.56 Å². The minimum atomic E-state index is 0. The van der Waals surface area contributed by atoms with Gasteiger partial charge in [-0.05, 0) is 11.1 Å². The number of ether oxygens (including phenoxy) is 1. The molecule has 0 aliphatic carbocycles. The first-order valence-electron chi connectivity index (χ1n) is 5.37. The van der Waals surface area contributed by atoms with Gasteiger partial charge in [0.05, 0.1) is 19.8 Å². The van der Waals surface area contributed by atoms with Gasteiger partial charge in [0.1, 0.15) is 0 Å². The van der Waals surface area contributed by atoms with Crippen LogP contribution in [0.5, 0.6) is 0 Å². The molecular formula is C12H17NO2Y. The Bertz CT molecular complexity index is 296. The van der Waals surface area contributed by atoms with Crippen LogP contribution in [0, 0.1) is 0 Å². The molecule has 3 nitrogen and oxygen atoms in total. The Morgan fingerprint density at radius 1 is 1.06 bits per heavy atom. The van der Waals surface area contributed by atoms with Crippen molar-refractivity contribution in [3.05, 3.63) is 35.4 Å². The Labute approximate surface area is 122 Å². The summed E-state index contributed by atoms with van der Waals surface area (Å²) in [5.41, 5.74) is 2.27. The number of nitrogens with zero attached hydrogens (tertiary/aromatic N) is 1. The molecule has 1 aliphatic rings. The third-order valence-corrected chi connectivity index (χ3v) is 2.72. The van der Waals surface area contributed by atoms with E-state index in [0.29, 0.717) is 0 Å². The molecule has 0 saturated carbocycles. The van der Waals surface area contributed by atoms with Crippen LogP contribution < -0.4 is 0 Å². The van der Waals surface area contributed by atoms with Gasteiger partial charge in [0.15, 0.2) is 0 Å². The molecule has 1 heterocycles. The number of morpholine rings is 1. The van der Waals surface area contributed by atoms with E-state index in [4.69, 9.17) is 9.84 Å². The Hall–Kier alpha value is 0.204. The van der Waals surface area contributed by atoms with Crippen molar-refractivity contribution in [2.75, 3.05) is 26.3 Å². The summed E-state index contributed by atoms with van der Waals surface area (Å²) >= 11 is 0. The number of aliphatic hydroxyl groups excluding tert-OH is 1. The van der Waals surface area contributed by atoms with Crippen molar-refractivity contribution in [2.24, 2.45) is 0 Å². The molecule has 0 bridgehead atoms. The van der Waals surface area contributed by atoms with Crippen LogP contribution in [0.15, 0.2) is 24.3 Å². The first-order chi connectivity index (χ1) is 7.38. The Balaban J connectivity index is 0.00000128. The summed E-state index contributed by atoms with van der Waals surface area (Å²) in [7, 11) is 0. The molecule has 1 N–H and O–H groups in total. The van der Waals surface area contributed by atoms with Gasteiger partial charge in [-0.1, -0.05) is 24.3 Å². The van der Waals surface area contributed by atoms with Gasteiger partial charge in [0, 0.05) is 52.3 Å². The van der Waals surface area contributed by atoms with Gasteiger partial charge in [-0.15, -0.1) is 0 Å². The number of hydrogen-bond donors (Lipinski definition) is 1. The van der Waals surface area contributed by atoms with Crippen LogP contribution in [-0.2, 0) is 50.6 Å². The van der Waals surface area contributed by atoms with Crippen molar-refractivity contribution in [3.8, 4) is 0 Å². The number of rotatable bonds is 3. The van der Waals surface area contributed by atoms with Crippen LogP contribution in [0.25, 0.3) is 0 Å². The zero-order valence-electron chi connectivity index (χ0n) is 9.43. The van der Waals surface area contributed by atoms with Crippen molar-refractivity contribution >= 4 is 0 Å². The zero-order chi connectivity index (χ0) is 10.5. The molecule has 0 aromatic heterocycles. The molecule has 1 aromatic rings. The Kier molecular flexibility index (Phi) is 6.70. The standard InChI is InChI=1S/C12H17NO2.Y/c14-10-12-3-1-11(2-4-12)9-13-5-7-15-8-6-13;/h1-4,14H,5-10H2;. The molecule has 1 fully saturated rings. The van der Waals surface area contributed by atoms with E-state index in [9.17, 15) is 0 Å². The van der Waals surface area contributed by atoms with E-state index in [2.05, 4.69) is 17.0 Å². The quantitative estimate of drug-likeness (QED) is 0.903. The Morgan fingerprint density at radius 3 is 2.19 bits per heavy atom. The molecule has 2 rings (SSSR count). The van der Waals surface area contributed by atoms with Gasteiger partial charge in [0.25, 0.3) is 0 Å². The van der Waals surface area contributed by atoms with Crippen molar-refractivity contribution in [2.45, 2.75) is 13.2 Å². The van der Waals surface area contributed by atoms with Gasteiger partial charge in [-0.3, -0.25) is 4.90 Å². The molecule has 1 radical (unpaired) electrons. The van der Waals surface area contributed by atoms with Crippen LogP contribution in [0.4, 0.5) is 0 Å². The van der Waals surface area contributed by atoms with Gasteiger partial charge in [0.2, 0.25) is 0 Å². The van der Waals surface area contributed by atoms with E-state index in [-0.39, 0.29) is 39.3 Å². The van der Waals surface area contributed by atoms with Crippen LogP contribution in [-0.4, -0.2) is 36.3 Å². The minimum Gasteiger partial charge on any atom is -0.392 e. The Morgan fingerprint density at radius 2 is 1.62 bits per heavy atom. The van der Waals surface area contributed by atoms with Gasteiger partial charge < -0.3 is 9.84 Å². The van der Waals surface area contributed by atoms with Gasteiger partial charge in [-0.2, -0.15) is 0 Å². The smallest absolute Gasteiger partial charge is 0.0681 e. The second kappa shape index (κ2) is 7.51. The average molecular weight is 296 g/mol. The van der Waals surface area contributed by atoms with E-state index in [0.717, 1.165) is 38.4 Å². The number of aliphatic hydroxyl groups is 1. The van der Waals surface area contributed by atoms with Crippen LogP contribution in [0.1, 0.15) is 11.1 Å². The fourth-order valence-electron chi connectivity index (χ4n) is 1.77. The maximum atomic E-state index is 8.92. The summed E-state index contributed by atoms with van der Waals surface area (Å²) in [6, 6.07) is 8.13. The minimum absolute atomic E-state index is 0. The topological polar surface area (TPSA) is 32.7 Å². The van der Waals surface area contributed by atoms with Crippen molar-refractivity contribution in [1.29, 1.82) is 0 Å². The molecule has 0 amide bonds. The molecule has 85 valence electrons. The van der Waals surface area contributed by atoms with Gasteiger partial charge in [-0.25, -0.2) is 0 Å². The van der Waals surface area contributed by atoms with Crippen molar-refractivity contribution in [1.82, 2.24) is 4.90 Å².